The van der Waals surface area contributed by atoms with Crippen molar-refractivity contribution in [1.29, 1.82) is 0 Å². The topological polar surface area (TPSA) is 69.4 Å². The Morgan fingerprint density at radius 2 is 1.96 bits per heavy atom. The predicted molar refractivity (Wildman–Crippen MR) is 91.9 cm³/mol. The summed E-state index contributed by atoms with van der Waals surface area (Å²) in [6.07, 6.45) is -3.14. The van der Waals surface area contributed by atoms with Crippen LogP contribution in [0, 0.1) is 0 Å². The van der Waals surface area contributed by atoms with Crippen LogP contribution in [-0.2, 0) is 22.0 Å². The number of ether oxygens (including phenoxy) is 1. The molecule has 26 heavy (non-hydrogen) atoms. The number of alkyl halides is 3. The number of benzene rings is 2. The number of hydrogen-bond acceptors (Lipinski definition) is 3. The van der Waals surface area contributed by atoms with Gasteiger partial charge in [-0.05, 0) is 23.3 Å². The maximum Gasteiger partial charge on any atom is 0.417 e. The van der Waals surface area contributed by atoms with E-state index < -0.39 is 33.6 Å². The lowest BCUT2D eigenvalue weighted by atomic mass is 9.87. The molecule has 0 aliphatic carbocycles. The molecule has 0 bridgehead atoms. The highest BCUT2D eigenvalue weighted by Gasteiger charge is 2.38. The molecule has 0 amide bonds. The minimum absolute atomic E-state index is 0.0440. The van der Waals surface area contributed by atoms with E-state index in [1.165, 1.54) is 30.3 Å². The fourth-order valence-corrected chi connectivity index (χ4v) is 3.76. The molecule has 2 aromatic carbocycles. The summed E-state index contributed by atoms with van der Waals surface area (Å²) in [4.78, 5) is 0. The molecule has 2 N–H and O–H groups in total. The summed E-state index contributed by atoms with van der Waals surface area (Å²) in [5.74, 6) is -0.270. The minimum Gasteiger partial charge on any atom is -0.485 e. The second-order valence-corrected chi connectivity index (χ2v) is 7.65. The second kappa shape index (κ2) is 6.44. The van der Waals surface area contributed by atoms with Crippen molar-refractivity contribution in [2.75, 3.05) is 0 Å². The number of sulfonamides is 1. The maximum atomic E-state index is 13.4. The van der Waals surface area contributed by atoms with Crippen LogP contribution >= 0.6 is 0 Å². The van der Waals surface area contributed by atoms with Crippen LogP contribution in [0.5, 0.6) is 5.75 Å². The predicted octanol–water partition coefficient (Wildman–Crippen LogP) is 4.17. The Morgan fingerprint density at radius 1 is 1.23 bits per heavy atom. The van der Waals surface area contributed by atoms with E-state index in [0.717, 1.165) is 6.07 Å². The first-order valence-electron chi connectivity index (χ1n) is 7.71. The third-order valence-corrected chi connectivity index (χ3v) is 4.82. The van der Waals surface area contributed by atoms with Gasteiger partial charge < -0.3 is 4.74 Å². The molecule has 1 unspecified atom stereocenters. The fraction of sp³-hybridized carbons (Fsp3) is 0.222. The quantitative estimate of drug-likeness (QED) is 0.806. The van der Waals surface area contributed by atoms with Gasteiger partial charge in [-0.1, -0.05) is 30.3 Å². The fourth-order valence-electron chi connectivity index (χ4n) is 3.11. The van der Waals surface area contributed by atoms with E-state index in [9.17, 15) is 21.6 Å². The summed E-state index contributed by atoms with van der Waals surface area (Å²) in [6.45, 7) is 3.65. The van der Waals surface area contributed by atoms with Crippen LogP contribution in [-0.4, -0.2) is 8.42 Å². The van der Waals surface area contributed by atoms with Crippen molar-refractivity contribution >= 4 is 10.0 Å². The average Bonchev–Trinajstić information content (AvgIpc) is 2.52. The molecule has 1 atom stereocenters. The number of hydrogen-bond donors (Lipinski definition) is 1. The first kappa shape index (κ1) is 18.5. The van der Waals surface area contributed by atoms with Crippen LogP contribution in [0.2, 0.25) is 0 Å². The van der Waals surface area contributed by atoms with Gasteiger partial charge in [-0.2, -0.15) is 13.2 Å². The van der Waals surface area contributed by atoms with E-state index >= 15 is 0 Å². The molecule has 0 fully saturated rings. The van der Waals surface area contributed by atoms with E-state index in [4.69, 9.17) is 9.88 Å². The first-order valence-corrected chi connectivity index (χ1v) is 9.43. The van der Waals surface area contributed by atoms with Crippen molar-refractivity contribution in [2.45, 2.75) is 24.5 Å². The Kier molecular flexibility index (Phi) is 4.58. The van der Waals surface area contributed by atoms with Crippen molar-refractivity contribution < 1.29 is 26.3 Å². The van der Waals surface area contributed by atoms with Crippen LogP contribution in [0.1, 0.15) is 29.2 Å². The third-order valence-electron chi connectivity index (χ3n) is 4.08. The van der Waals surface area contributed by atoms with E-state index in [-0.39, 0.29) is 11.3 Å². The van der Waals surface area contributed by atoms with Gasteiger partial charge in [0.2, 0.25) is 10.0 Å². The van der Waals surface area contributed by atoms with Crippen molar-refractivity contribution in [3.05, 3.63) is 65.7 Å². The number of rotatable bonds is 4. The highest BCUT2D eigenvalue weighted by atomic mass is 32.2. The van der Waals surface area contributed by atoms with Gasteiger partial charge in [-0.15, -0.1) is 6.58 Å². The van der Waals surface area contributed by atoms with E-state index in [1.807, 2.05) is 0 Å². The van der Waals surface area contributed by atoms with Crippen molar-refractivity contribution in [2.24, 2.45) is 5.14 Å². The van der Waals surface area contributed by atoms with Gasteiger partial charge in [0.1, 0.15) is 11.9 Å². The molecule has 0 saturated heterocycles. The summed E-state index contributed by atoms with van der Waals surface area (Å²) in [7, 11) is -3.77. The second-order valence-electron chi connectivity index (χ2n) is 6.04. The largest absolute Gasteiger partial charge is 0.485 e. The minimum atomic E-state index is -4.55. The molecule has 0 spiro atoms. The summed E-state index contributed by atoms with van der Waals surface area (Å²) < 4.78 is 68.8. The number of primary sulfonamides is 1. The van der Waals surface area contributed by atoms with Crippen LogP contribution in [0.25, 0.3) is 11.1 Å². The molecule has 0 aromatic heterocycles. The molecule has 1 aliphatic rings. The molecule has 3 rings (SSSR count). The lowest BCUT2D eigenvalue weighted by molar-refractivity contribution is -0.137. The Labute approximate surface area is 149 Å². The van der Waals surface area contributed by atoms with Crippen molar-refractivity contribution in [3.63, 3.8) is 0 Å². The number of fused-ring (bicyclic) bond motifs is 3. The lowest BCUT2D eigenvalue weighted by Crippen LogP contribution is -2.19. The molecular formula is C18H16F3NO3S. The monoisotopic (exact) mass is 383 g/mol. The highest BCUT2D eigenvalue weighted by molar-refractivity contribution is 7.88. The summed E-state index contributed by atoms with van der Waals surface area (Å²) in [5, 5.41) is 5.07. The first-order chi connectivity index (χ1) is 12.1. The zero-order valence-electron chi connectivity index (χ0n) is 13.6. The molecule has 4 nitrogen and oxygen atoms in total. The molecule has 1 heterocycles. The van der Waals surface area contributed by atoms with Gasteiger partial charge in [-0.3, -0.25) is 0 Å². The van der Waals surface area contributed by atoms with Gasteiger partial charge in [0.15, 0.2) is 0 Å². The van der Waals surface area contributed by atoms with Gasteiger partial charge in [-0.25, -0.2) is 13.6 Å². The van der Waals surface area contributed by atoms with Gasteiger partial charge in [0, 0.05) is 17.5 Å². The third kappa shape index (κ3) is 3.61. The van der Waals surface area contributed by atoms with Crippen LogP contribution in [0.15, 0.2) is 49.1 Å². The van der Waals surface area contributed by atoms with Crippen LogP contribution < -0.4 is 9.88 Å². The molecular weight excluding hydrogens is 367 g/mol. The lowest BCUT2D eigenvalue weighted by Gasteiger charge is -2.30. The van der Waals surface area contributed by atoms with Gasteiger partial charge in [0.05, 0.1) is 11.3 Å². The Morgan fingerprint density at radius 3 is 2.58 bits per heavy atom. The SMILES string of the molecule is C=CCC1Oc2cccc(C(F)(F)F)c2-c2ccc(CS(N)(=O)=O)cc21. The zero-order valence-corrected chi connectivity index (χ0v) is 14.4. The Bertz CT molecular complexity index is 968. The van der Waals surface area contributed by atoms with Gasteiger partial charge in [0.25, 0.3) is 0 Å². The summed E-state index contributed by atoms with van der Waals surface area (Å²) >= 11 is 0. The van der Waals surface area contributed by atoms with E-state index in [1.54, 1.807) is 6.08 Å². The van der Waals surface area contributed by atoms with Crippen LogP contribution in [0.4, 0.5) is 13.2 Å². The standard InChI is InChI=1S/C18H16F3NO3S/c1-2-4-15-13-9-11(10-26(22,23)24)7-8-12(13)17-14(18(19,20)21)5-3-6-16(17)25-15/h2-3,5-9,15H,1,4,10H2,(H2,22,23,24). The molecule has 8 heteroatoms. The normalized spacial score (nSPS) is 16.4. The molecule has 1 aliphatic heterocycles. The number of nitrogens with two attached hydrogens (primary N) is 1. The van der Waals surface area contributed by atoms with Crippen LogP contribution in [0.3, 0.4) is 0 Å². The molecule has 2 aromatic rings. The average molecular weight is 383 g/mol. The highest BCUT2D eigenvalue weighted by Crippen LogP contribution is 2.49. The van der Waals surface area contributed by atoms with Crippen molar-refractivity contribution in [1.82, 2.24) is 0 Å². The number of halogens is 3. The summed E-state index contributed by atoms with van der Waals surface area (Å²) in [5.41, 5.74) is 0.390. The Hall–Kier alpha value is -2.32. The summed E-state index contributed by atoms with van der Waals surface area (Å²) in [6, 6.07) is 8.27. The van der Waals surface area contributed by atoms with Gasteiger partial charge >= 0.3 is 6.18 Å². The Balaban J connectivity index is 2.22. The smallest absolute Gasteiger partial charge is 0.417 e. The molecule has 0 radical (unpaired) electrons. The zero-order chi connectivity index (χ0) is 19.1. The van der Waals surface area contributed by atoms with E-state index in [2.05, 4.69) is 6.58 Å². The maximum absolute atomic E-state index is 13.4. The van der Waals surface area contributed by atoms with E-state index in [0.29, 0.717) is 23.1 Å². The van der Waals surface area contributed by atoms with Crippen molar-refractivity contribution in [3.8, 4) is 16.9 Å². The molecule has 138 valence electrons. The molecule has 0 saturated carbocycles.